The molecule has 0 fully saturated rings. The summed E-state index contributed by atoms with van der Waals surface area (Å²) in [5, 5.41) is 15.1. The van der Waals surface area contributed by atoms with Gasteiger partial charge >= 0.3 is 18.0 Å². The predicted octanol–water partition coefficient (Wildman–Crippen LogP) is 8.28. The van der Waals surface area contributed by atoms with E-state index in [1.165, 1.54) is 0 Å². The number of amides is 3. The van der Waals surface area contributed by atoms with Crippen LogP contribution in [0.3, 0.4) is 0 Å². The number of aromatic nitrogens is 1. The van der Waals surface area contributed by atoms with Gasteiger partial charge in [0.15, 0.2) is 0 Å². The second-order valence-electron chi connectivity index (χ2n) is 18.0. The van der Waals surface area contributed by atoms with Crippen LogP contribution in [-0.2, 0) is 35.2 Å². The van der Waals surface area contributed by atoms with Crippen molar-refractivity contribution >= 4 is 49.7 Å². The lowest BCUT2D eigenvalue weighted by Gasteiger charge is -2.41. The van der Waals surface area contributed by atoms with E-state index in [9.17, 15) is 33.5 Å². The van der Waals surface area contributed by atoms with E-state index in [0.29, 0.717) is 30.8 Å². The molecule has 330 valence electrons. The number of halogens is 2. The van der Waals surface area contributed by atoms with Gasteiger partial charge in [0.2, 0.25) is 11.8 Å². The van der Waals surface area contributed by atoms with Crippen LogP contribution in [0.25, 0.3) is 11.1 Å². The molecular weight excluding hydrogens is 811 g/mol. The van der Waals surface area contributed by atoms with Crippen LogP contribution in [0.1, 0.15) is 78.1 Å². The van der Waals surface area contributed by atoms with E-state index in [1.54, 1.807) is 37.9 Å². The van der Waals surface area contributed by atoms with Crippen molar-refractivity contribution in [3.8, 4) is 11.1 Å². The SMILES string of the molecule is CC(C)(C)OC(=O)CCC(=O)NC(CSCC(=O)N(CCCNC(=O)OCC[Si](C)(C)C)C(c1cc(-c2cc(F)ccc2F)cn1Cc1ccccc1)C(C)(C)C)C(=O)O. The number of ether oxygens (including phenoxy) is 2. The molecule has 3 aromatic rings. The number of hydrogen-bond acceptors (Lipinski definition) is 8. The van der Waals surface area contributed by atoms with Crippen molar-refractivity contribution in [2.45, 2.75) is 111 Å². The summed E-state index contributed by atoms with van der Waals surface area (Å²) < 4.78 is 42.3. The van der Waals surface area contributed by atoms with Crippen LogP contribution >= 0.6 is 11.8 Å². The summed E-state index contributed by atoms with van der Waals surface area (Å²) in [5.41, 5.74) is 0.702. The Morgan fingerprint density at radius 2 is 1.63 bits per heavy atom. The van der Waals surface area contributed by atoms with E-state index in [0.717, 1.165) is 41.6 Å². The molecule has 2 atom stereocenters. The first-order chi connectivity index (χ1) is 27.9. The van der Waals surface area contributed by atoms with Gasteiger partial charge in [-0.15, -0.1) is 11.8 Å². The Morgan fingerprint density at radius 3 is 2.25 bits per heavy atom. The molecule has 12 nitrogen and oxygen atoms in total. The lowest BCUT2D eigenvalue weighted by Crippen LogP contribution is -2.45. The second kappa shape index (κ2) is 22.2. The maximum atomic E-state index is 15.3. The molecule has 0 radical (unpaired) electrons. The highest BCUT2D eigenvalue weighted by Crippen LogP contribution is 2.41. The number of nitrogens with zero attached hydrogens (tertiary/aromatic N) is 2. The molecule has 3 rings (SSSR count). The van der Waals surface area contributed by atoms with E-state index in [1.807, 2.05) is 55.7 Å². The Bertz CT molecular complexity index is 1920. The number of carboxylic acids is 1. The van der Waals surface area contributed by atoms with Crippen LogP contribution in [0.5, 0.6) is 0 Å². The molecule has 60 heavy (non-hydrogen) atoms. The van der Waals surface area contributed by atoms with Gasteiger partial charge in [-0.3, -0.25) is 14.4 Å². The average Bonchev–Trinajstić information content (AvgIpc) is 3.53. The standard InChI is InChI=1S/C44H62F2N4O8SSi/c1-43(2,3)40(36-24-31(33-25-32(45)16-17-34(33)46)27-49(36)26-30-14-11-10-12-15-30)50(21-13-20-47-42(56)57-22-23-60(7,8)9)38(52)29-59-28-35(41(54)55)48-37(51)18-19-39(53)58-44(4,5)6/h10-12,14-17,24-25,27,35,40H,13,18-23,26,28-29H2,1-9H3,(H,47,56)(H,48,51)(H,54,55). The number of benzene rings is 2. The molecule has 0 saturated carbocycles. The summed E-state index contributed by atoms with van der Waals surface area (Å²) in [4.78, 5) is 65.6. The van der Waals surface area contributed by atoms with Crippen LogP contribution in [-0.4, -0.2) is 95.3 Å². The Hall–Kier alpha value is -4.70. The monoisotopic (exact) mass is 872 g/mol. The molecule has 0 aliphatic rings. The van der Waals surface area contributed by atoms with Crippen LogP contribution in [0, 0.1) is 17.0 Å². The summed E-state index contributed by atoms with van der Waals surface area (Å²) in [7, 11) is -1.42. The van der Waals surface area contributed by atoms with Crippen LogP contribution in [0.2, 0.25) is 25.7 Å². The summed E-state index contributed by atoms with van der Waals surface area (Å²) in [6.07, 6.45) is 1.03. The molecular formula is C44H62F2N4O8SSi. The normalized spacial score (nSPS) is 12.9. The van der Waals surface area contributed by atoms with Gasteiger partial charge in [0, 0.05) is 62.9 Å². The minimum Gasteiger partial charge on any atom is -0.480 e. The molecule has 1 heterocycles. The highest BCUT2D eigenvalue weighted by atomic mass is 32.2. The highest BCUT2D eigenvalue weighted by molar-refractivity contribution is 8.00. The van der Waals surface area contributed by atoms with Gasteiger partial charge in [0.25, 0.3) is 0 Å². The minimum absolute atomic E-state index is 0.0637. The van der Waals surface area contributed by atoms with Gasteiger partial charge in [-0.1, -0.05) is 70.7 Å². The number of rotatable bonds is 21. The van der Waals surface area contributed by atoms with Gasteiger partial charge in [0.1, 0.15) is 23.3 Å². The maximum Gasteiger partial charge on any atom is 0.407 e. The molecule has 2 aromatic carbocycles. The fraction of sp³-hybridized carbons (Fsp3) is 0.523. The number of carboxylic acid groups (broad SMARTS) is 1. The molecule has 16 heteroatoms. The molecule has 2 unspecified atom stereocenters. The third-order valence-electron chi connectivity index (χ3n) is 9.15. The fourth-order valence-electron chi connectivity index (χ4n) is 6.35. The molecule has 0 spiro atoms. The molecule has 1 aromatic heterocycles. The molecule has 3 amide bonds. The first-order valence-corrected chi connectivity index (χ1v) is 25.0. The number of hydrogen-bond donors (Lipinski definition) is 3. The summed E-state index contributed by atoms with van der Waals surface area (Å²) in [6.45, 7) is 18.6. The number of esters is 1. The molecule has 0 saturated heterocycles. The van der Waals surface area contributed by atoms with Crippen molar-refractivity contribution in [3.63, 3.8) is 0 Å². The number of aliphatic carboxylic acids is 1. The van der Waals surface area contributed by atoms with E-state index >= 15 is 4.39 Å². The molecule has 0 aliphatic heterocycles. The van der Waals surface area contributed by atoms with Crippen molar-refractivity contribution in [2.24, 2.45) is 5.41 Å². The second-order valence-corrected chi connectivity index (χ2v) is 24.7. The molecule has 3 N–H and O–H groups in total. The third-order valence-corrected chi connectivity index (χ3v) is 11.9. The summed E-state index contributed by atoms with van der Waals surface area (Å²) in [6, 6.07) is 13.4. The maximum absolute atomic E-state index is 15.3. The van der Waals surface area contributed by atoms with Gasteiger partial charge in [0.05, 0.1) is 24.8 Å². The van der Waals surface area contributed by atoms with Crippen molar-refractivity contribution < 1.29 is 47.3 Å². The van der Waals surface area contributed by atoms with Crippen LogP contribution < -0.4 is 10.6 Å². The van der Waals surface area contributed by atoms with Crippen LogP contribution in [0.4, 0.5) is 13.6 Å². The first-order valence-electron chi connectivity index (χ1n) is 20.1. The van der Waals surface area contributed by atoms with Crippen molar-refractivity contribution in [2.75, 3.05) is 31.2 Å². The third kappa shape index (κ3) is 17.1. The van der Waals surface area contributed by atoms with Gasteiger partial charge in [-0.05, 0) is 68.5 Å². The quantitative estimate of drug-likeness (QED) is 0.0545. The zero-order valence-electron chi connectivity index (χ0n) is 36.4. The van der Waals surface area contributed by atoms with E-state index < -0.39 is 66.7 Å². The topological polar surface area (TPSA) is 156 Å². The van der Waals surface area contributed by atoms with E-state index in [2.05, 4.69) is 30.3 Å². The zero-order chi connectivity index (χ0) is 44.8. The largest absolute Gasteiger partial charge is 0.480 e. The Kier molecular flexibility index (Phi) is 18.4. The summed E-state index contributed by atoms with van der Waals surface area (Å²) >= 11 is 1.03. The van der Waals surface area contributed by atoms with E-state index in [-0.39, 0.29) is 48.9 Å². The van der Waals surface area contributed by atoms with Gasteiger partial charge in [-0.2, -0.15) is 0 Å². The fourth-order valence-corrected chi connectivity index (χ4v) is 7.98. The summed E-state index contributed by atoms with van der Waals surface area (Å²) in [5.74, 6) is -4.40. The van der Waals surface area contributed by atoms with E-state index in [4.69, 9.17) is 9.47 Å². The number of carbonyl (C=O) groups excluding carboxylic acids is 4. The van der Waals surface area contributed by atoms with Crippen LogP contribution in [0.15, 0.2) is 60.8 Å². The number of alkyl carbamates (subject to hydrolysis) is 1. The first kappa shape index (κ1) is 49.7. The number of nitrogens with one attached hydrogen (secondary N) is 2. The van der Waals surface area contributed by atoms with Crippen molar-refractivity contribution in [1.82, 2.24) is 20.1 Å². The Balaban J connectivity index is 1.93. The smallest absolute Gasteiger partial charge is 0.407 e. The lowest BCUT2D eigenvalue weighted by molar-refractivity contribution is -0.155. The highest BCUT2D eigenvalue weighted by Gasteiger charge is 2.37. The predicted molar refractivity (Wildman–Crippen MR) is 233 cm³/mol. The Labute approximate surface area is 358 Å². The van der Waals surface area contributed by atoms with Gasteiger partial charge in [-0.25, -0.2) is 18.4 Å². The van der Waals surface area contributed by atoms with Crippen molar-refractivity contribution in [1.29, 1.82) is 0 Å². The lowest BCUT2D eigenvalue weighted by atomic mass is 9.83. The number of thioether (sulfide) groups is 1. The zero-order valence-corrected chi connectivity index (χ0v) is 38.2. The van der Waals surface area contributed by atoms with Crippen molar-refractivity contribution in [3.05, 3.63) is 83.7 Å². The molecule has 0 bridgehead atoms. The number of carbonyl (C=O) groups is 5. The van der Waals surface area contributed by atoms with Gasteiger partial charge < -0.3 is 34.7 Å². The molecule has 0 aliphatic carbocycles. The average molecular weight is 873 g/mol. The Morgan fingerprint density at radius 1 is 0.950 bits per heavy atom. The minimum atomic E-state index is -1.42.